The molecular formula is C42H56O10. The summed E-state index contributed by atoms with van der Waals surface area (Å²) in [5.74, 6) is -0.345. The average Bonchev–Trinajstić information content (AvgIpc) is 3.53. The maximum Gasteiger partial charge on any atom is 0.190 e. The van der Waals surface area contributed by atoms with E-state index in [4.69, 9.17) is 0 Å². The predicted octanol–water partition coefficient (Wildman–Crippen LogP) is 3.98. The molecule has 8 rings (SSSR count). The largest absolute Gasteiger partial charge is 0.388 e. The van der Waals surface area contributed by atoms with Crippen LogP contribution in [-0.4, -0.2) is 79.5 Å². The Bertz CT molecular complexity index is 1570. The van der Waals surface area contributed by atoms with Crippen LogP contribution in [0.3, 0.4) is 0 Å². The zero-order valence-corrected chi connectivity index (χ0v) is 31.2. The summed E-state index contributed by atoms with van der Waals surface area (Å²) in [5, 5.41) is 41.0. The molecule has 10 nitrogen and oxygen atoms in total. The molecule has 0 aliphatic heterocycles. The van der Waals surface area contributed by atoms with Gasteiger partial charge in [-0.3, -0.25) is 28.8 Å². The zero-order valence-electron chi connectivity index (χ0n) is 31.2. The molecule has 0 spiro atoms. The Labute approximate surface area is 305 Å². The standard InChI is InChI=1S/2C21H28O5/c2*1-19-7-5-13(23)9-12(19)3-4-14-15-6-8-21(26,17(25)11-22)20(15,2)10-16(24)18(14)19/h2*9,14-15,18,22,26H,3-8,10-11H2,1-2H3. The summed E-state index contributed by atoms with van der Waals surface area (Å²) in [7, 11) is 0. The van der Waals surface area contributed by atoms with Crippen molar-refractivity contribution < 1.29 is 49.2 Å². The van der Waals surface area contributed by atoms with Gasteiger partial charge in [-0.05, 0) is 111 Å². The van der Waals surface area contributed by atoms with Crippen LogP contribution in [0.1, 0.15) is 118 Å². The van der Waals surface area contributed by atoms with Gasteiger partial charge < -0.3 is 20.4 Å². The maximum absolute atomic E-state index is 13.3. The highest BCUT2D eigenvalue weighted by Crippen LogP contribution is 2.68. The van der Waals surface area contributed by atoms with Crippen molar-refractivity contribution in [3.63, 3.8) is 0 Å². The van der Waals surface area contributed by atoms with Gasteiger partial charge >= 0.3 is 0 Å². The fourth-order valence-electron chi connectivity index (χ4n) is 14.0. The summed E-state index contributed by atoms with van der Waals surface area (Å²) in [5.41, 5.74) is -3.11. The van der Waals surface area contributed by atoms with Gasteiger partial charge in [0.2, 0.25) is 0 Å². The second-order valence-electron chi connectivity index (χ2n) is 18.8. The Morgan fingerprint density at radius 3 is 1.31 bits per heavy atom. The number of aliphatic hydroxyl groups is 4. The highest BCUT2D eigenvalue weighted by molar-refractivity contribution is 5.96. The number of ketones is 6. The van der Waals surface area contributed by atoms with E-state index >= 15 is 0 Å². The normalized spacial score (nSPS) is 47.7. The smallest absolute Gasteiger partial charge is 0.190 e. The molecule has 0 radical (unpaired) electrons. The lowest BCUT2D eigenvalue weighted by atomic mass is 9.46. The van der Waals surface area contributed by atoms with Gasteiger partial charge in [-0.1, -0.05) is 38.8 Å². The zero-order chi connectivity index (χ0) is 37.8. The molecule has 0 amide bonds. The summed E-state index contributed by atoms with van der Waals surface area (Å²) in [6, 6.07) is 0. The van der Waals surface area contributed by atoms with E-state index in [0.717, 1.165) is 36.8 Å². The van der Waals surface area contributed by atoms with Crippen LogP contribution >= 0.6 is 0 Å². The minimum absolute atomic E-state index is 0.0988. The molecule has 6 fully saturated rings. The van der Waals surface area contributed by atoms with E-state index in [1.54, 1.807) is 12.2 Å². The number of aliphatic hydroxyl groups excluding tert-OH is 2. The van der Waals surface area contributed by atoms with Crippen molar-refractivity contribution in [1.82, 2.24) is 0 Å². The number of hydrogen-bond acceptors (Lipinski definition) is 10. The number of hydrogen-bond donors (Lipinski definition) is 4. The molecule has 0 heterocycles. The van der Waals surface area contributed by atoms with Gasteiger partial charge in [0.15, 0.2) is 23.1 Å². The summed E-state index contributed by atoms with van der Waals surface area (Å²) < 4.78 is 0. The average molecular weight is 721 g/mol. The Hall–Kier alpha value is -2.66. The minimum atomic E-state index is -1.60. The number of carbonyl (C=O) groups is 6. The number of rotatable bonds is 4. The monoisotopic (exact) mass is 720 g/mol. The molecule has 0 aromatic heterocycles. The summed E-state index contributed by atoms with van der Waals surface area (Å²) in [6.07, 6.45) is 11.7. The van der Waals surface area contributed by atoms with E-state index in [1.807, 2.05) is 13.8 Å². The van der Waals surface area contributed by atoms with E-state index in [-0.39, 0.29) is 82.3 Å². The molecule has 0 saturated heterocycles. The molecule has 10 heteroatoms. The topological polar surface area (TPSA) is 183 Å². The molecule has 6 saturated carbocycles. The fraction of sp³-hybridized carbons (Fsp3) is 0.762. The van der Waals surface area contributed by atoms with E-state index in [2.05, 4.69) is 13.8 Å². The third-order valence-corrected chi connectivity index (χ3v) is 16.8. The first-order valence-electron chi connectivity index (χ1n) is 19.6. The molecular weight excluding hydrogens is 664 g/mol. The molecule has 0 aromatic rings. The molecule has 4 N–H and O–H groups in total. The van der Waals surface area contributed by atoms with Crippen LogP contribution in [-0.2, 0) is 28.8 Å². The number of allylic oxidation sites excluding steroid dienone is 2. The van der Waals surface area contributed by atoms with Crippen LogP contribution in [0.5, 0.6) is 0 Å². The molecule has 0 aromatic carbocycles. The van der Waals surface area contributed by atoms with Crippen LogP contribution in [0.2, 0.25) is 0 Å². The van der Waals surface area contributed by atoms with E-state index in [1.165, 1.54) is 0 Å². The lowest BCUT2D eigenvalue weighted by molar-refractivity contribution is -0.171. The third kappa shape index (κ3) is 4.95. The van der Waals surface area contributed by atoms with Crippen molar-refractivity contribution in [3.8, 4) is 0 Å². The molecule has 12 unspecified atom stereocenters. The van der Waals surface area contributed by atoms with E-state index in [0.29, 0.717) is 51.4 Å². The van der Waals surface area contributed by atoms with Crippen LogP contribution in [0, 0.1) is 57.2 Å². The van der Waals surface area contributed by atoms with Gasteiger partial charge in [-0.25, -0.2) is 0 Å². The Balaban J connectivity index is 0.000000162. The summed E-state index contributed by atoms with van der Waals surface area (Å²) >= 11 is 0. The molecule has 8 aliphatic rings. The molecule has 12 atom stereocenters. The van der Waals surface area contributed by atoms with Crippen molar-refractivity contribution in [3.05, 3.63) is 23.3 Å². The Morgan fingerprint density at radius 1 is 0.596 bits per heavy atom. The van der Waals surface area contributed by atoms with Gasteiger partial charge in [-0.15, -0.1) is 0 Å². The molecule has 8 aliphatic carbocycles. The maximum atomic E-state index is 13.3. The molecule has 284 valence electrons. The summed E-state index contributed by atoms with van der Waals surface area (Å²) in [6.45, 7) is 6.61. The van der Waals surface area contributed by atoms with Crippen molar-refractivity contribution in [2.75, 3.05) is 13.2 Å². The SMILES string of the molecule is CC12CCC(=O)C=C1CCC1C2C(=O)CC2(C)C1CCC2(O)C(=O)CO.CC12CCC(=O)C=C1CCC1C2C(=O)CC2(C)C1CCC2(O)C(=O)CO. The third-order valence-electron chi connectivity index (χ3n) is 16.8. The molecule has 0 bridgehead atoms. The van der Waals surface area contributed by atoms with Crippen molar-refractivity contribution in [2.45, 2.75) is 129 Å². The van der Waals surface area contributed by atoms with Gasteiger partial charge in [0, 0.05) is 48.3 Å². The van der Waals surface area contributed by atoms with Crippen LogP contribution in [0.25, 0.3) is 0 Å². The molecule has 52 heavy (non-hydrogen) atoms. The number of fused-ring (bicyclic) bond motifs is 10. The van der Waals surface area contributed by atoms with Gasteiger partial charge in [-0.2, -0.15) is 0 Å². The predicted molar refractivity (Wildman–Crippen MR) is 188 cm³/mol. The fourth-order valence-corrected chi connectivity index (χ4v) is 14.0. The Kier molecular flexibility index (Phi) is 9.00. The number of Topliss-reactive ketones (excluding diaryl/α,β-unsaturated/α-hetero) is 4. The van der Waals surface area contributed by atoms with Crippen LogP contribution < -0.4 is 0 Å². The lowest BCUT2D eigenvalue weighted by Gasteiger charge is -2.57. The van der Waals surface area contributed by atoms with Crippen LogP contribution in [0.4, 0.5) is 0 Å². The quantitative estimate of drug-likeness (QED) is 0.332. The number of carbonyl (C=O) groups excluding carboxylic acids is 6. The lowest BCUT2D eigenvalue weighted by Crippen LogP contribution is -2.60. The highest BCUT2D eigenvalue weighted by Gasteiger charge is 2.70. The van der Waals surface area contributed by atoms with E-state index < -0.39 is 46.8 Å². The second kappa shape index (κ2) is 12.4. The van der Waals surface area contributed by atoms with Gasteiger partial charge in [0.05, 0.1) is 0 Å². The van der Waals surface area contributed by atoms with Crippen molar-refractivity contribution in [1.29, 1.82) is 0 Å². The van der Waals surface area contributed by atoms with Gasteiger partial charge in [0.25, 0.3) is 0 Å². The van der Waals surface area contributed by atoms with E-state index in [9.17, 15) is 49.2 Å². The summed E-state index contributed by atoms with van der Waals surface area (Å²) in [4.78, 5) is 75.0. The van der Waals surface area contributed by atoms with Crippen molar-refractivity contribution >= 4 is 34.7 Å². The van der Waals surface area contributed by atoms with Crippen molar-refractivity contribution in [2.24, 2.45) is 57.2 Å². The first kappa shape index (κ1) is 37.6. The minimum Gasteiger partial charge on any atom is -0.388 e. The highest BCUT2D eigenvalue weighted by atomic mass is 16.3. The van der Waals surface area contributed by atoms with Gasteiger partial charge in [0.1, 0.15) is 36.0 Å². The second-order valence-corrected chi connectivity index (χ2v) is 18.8. The first-order chi connectivity index (χ1) is 24.3. The Morgan fingerprint density at radius 2 is 0.962 bits per heavy atom. The van der Waals surface area contributed by atoms with Crippen LogP contribution in [0.15, 0.2) is 23.3 Å². The first-order valence-corrected chi connectivity index (χ1v) is 19.6.